The monoisotopic (exact) mass is 414 g/mol. The lowest BCUT2D eigenvalue weighted by atomic mass is 10.1. The Balaban J connectivity index is 2.87. The van der Waals surface area contributed by atoms with Crippen LogP contribution in [0.5, 0.6) is 0 Å². The maximum Gasteiger partial charge on any atom is 0.322 e. The summed E-state index contributed by atoms with van der Waals surface area (Å²) in [6, 6.07) is -2.73. The molecule has 11 nitrogen and oxygen atoms in total. The van der Waals surface area contributed by atoms with Crippen LogP contribution >= 0.6 is 11.8 Å². The van der Waals surface area contributed by atoms with Crippen LogP contribution in [0.2, 0.25) is 0 Å². The molecule has 12 heteroatoms. The smallest absolute Gasteiger partial charge is 0.322 e. The zero-order valence-corrected chi connectivity index (χ0v) is 16.5. The van der Waals surface area contributed by atoms with E-state index in [0.29, 0.717) is 17.9 Å². The van der Waals surface area contributed by atoms with Gasteiger partial charge in [-0.1, -0.05) is 0 Å². The van der Waals surface area contributed by atoms with E-state index in [-0.39, 0.29) is 6.42 Å². The number of nitrogens with two attached hydrogens (primary N) is 1. The number of hydrogen-bond donors (Lipinski definition) is 6. The fraction of sp³-hybridized carbons (Fsp3) is 0.562. The average molecular weight is 414 g/mol. The molecule has 3 atom stereocenters. The molecule has 1 rings (SSSR count). The molecule has 0 aromatic carbocycles. The van der Waals surface area contributed by atoms with Crippen LogP contribution in [0.25, 0.3) is 0 Å². The van der Waals surface area contributed by atoms with E-state index in [1.165, 1.54) is 31.2 Å². The van der Waals surface area contributed by atoms with Gasteiger partial charge in [0, 0.05) is 18.3 Å². The molecular formula is C16H26N6O5S. The molecule has 0 bridgehead atoms. The predicted molar refractivity (Wildman–Crippen MR) is 103 cm³/mol. The number of imidazole rings is 1. The van der Waals surface area contributed by atoms with Crippen molar-refractivity contribution in [1.82, 2.24) is 25.9 Å². The van der Waals surface area contributed by atoms with Crippen molar-refractivity contribution >= 4 is 35.5 Å². The van der Waals surface area contributed by atoms with E-state index in [1.807, 2.05) is 6.26 Å². The van der Waals surface area contributed by atoms with Gasteiger partial charge in [-0.15, -0.1) is 0 Å². The third kappa shape index (κ3) is 8.39. The largest absolute Gasteiger partial charge is 0.480 e. The van der Waals surface area contributed by atoms with Crippen molar-refractivity contribution in [1.29, 1.82) is 0 Å². The van der Waals surface area contributed by atoms with E-state index >= 15 is 0 Å². The highest BCUT2D eigenvalue weighted by atomic mass is 32.2. The standard InChI is InChI=1S/C16H26N6O5S/c1-9(17)14(25)22-12(5-10-6-18-8-20-10)16(27)21-11(3-4-28-2)15(26)19-7-13(23)24/h6,8-9,11-12H,3-5,7,17H2,1-2H3,(H,18,20)(H,19,26)(H,21,27)(H,22,25)(H,23,24). The van der Waals surface area contributed by atoms with E-state index in [4.69, 9.17) is 10.8 Å². The lowest BCUT2D eigenvalue weighted by Gasteiger charge is -2.23. The van der Waals surface area contributed by atoms with Gasteiger partial charge in [0.1, 0.15) is 18.6 Å². The summed E-state index contributed by atoms with van der Waals surface area (Å²) in [5, 5.41) is 16.1. The highest BCUT2D eigenvalue weighted by Gasteiger charge is 2.28. The minimum Gasteiger partial charge on any atom is -0.480 e. The normalized spacial score (nSPS) is 13.8. The average Bonchev–Trinajstić information content (AvgIpc) is 3.15. The summed E-state index contributed by atoms with van der Waals surface area (Å²) in [5.41, 5.74) is 6.17. The maximum atomic E-state index is 12.7. The molecule has 0 aliphatic carbocycles. The summed E-state index contributed by atoms with van der Waals surface area (Å²) in [6.07, 6.45) is 5.23. The minimum atomic E-state index is -1.19. The van der Waals surface area contributed by atoms with E-state index in [0.717, 1.165) is 0 Å². The molecule has 28 heavy (non-hydrogen) atoms. The number of nitrogens with one attached hydrogen (secondary N) is 4. The number of carbonyl (C=O) groups excluding carboxylic acids is 3. The molecule has 0 aliphatic rings. The second-order valence-electron chi connectivity index (χ2n) is 6.09. The molecule has 0 saturated heterocycles. The topological polar surface area (TPSA) is 179 Å². The number of hydrogen-bond acceptors (Lipinski definition) is 7. The van der Waals surface area contributed by atoms with Crippen molar-refractivity contribution in [3.05, 3.63) is 18.2 Å². The van der Waals surface area contributed by atoms with E-state index in [2.05, 4.69) is 25.9 Å². The number of nitrogens with zero attached hydrogens (tertiary/aromatic N) is 1. The molecule has 3 unspecified atom stereocenters. The van der Waals surface area contributed by atoms with Crippen molar-refractivity contribution in [2.45, 2.75) is 37.9 Å². The first-order valence-electron chi connectivity index (χ1n) is 8.56. The summed E-state index contributed by atoms with van der Waals surface area (Å²) >= 11 is 1.48. The summed E-state index contributed by atoms with van der Waals surface area (Å²) < 4.78 is 0. The molecule has 0 fully saturated rings. The molecule has 1 aromatic rings. The number of thioether (sulfide) groups is 1. The molecule has 3 amide bonds. The van der Waals surface area contributed by atoms with Gasteiger partial charge in [0.15, 0.2) is 0 Å². The van der Waals surface area contributed by atoms with Crippen LogP contribution in [0.4, 0.5) is 0 Å². The van der Waals surface area contributed by atoms with Gasteiger partial charge in [-0.3, -0.25) is 19.2 Å². The number of rotatable bonds is 12. The maximum absolute atomic E-state index is 12.7. The predicted octanol–water partition coefficient (Wildman–Crippen LogP) is -1.78. The lowest BCUT2D eigenvalue weighted by molar-refractivity contribution is -0.138. The van der Waals surface area contributed by atoms with Crippen molar-refractivity contribution in [3.63, 3.8) is 0 Å². The Morgan fingerprint density at radius 2 is 1.89 bits per heavy atom. The molecular weight excluding hydrogens is 388 g/mol. The molecule has 7 N–H and O–H groups in total. The Hall–Kier alpha value is -2.60. The molecule has 0 radical (unpaired) electrons. The van der Waals surface area contributed by atoms with Crippen molar-refractivity contribution in [2.75, 3.05) is 18.6 Å². The Labute approximate surface area is 166 Å². The Kier molecular flexibility index (Phi) is 10.0. The first-order valence-corrected chi connectivity index (χ1v) is 9.96. The van der Waals surface area contributed by atoms with Gasteiger partial charge in [0.25, 0.3) is 0 Å². The Morgan fingerprint density at radius 3 is 2.43 bits per heavy atom. The number of aliphatic carboxylic acids is 1. The number of aromatic amines is 1. The van der Waals surface area contributed by atoms with Crippen LogP contribution in [0.3, 0.4) is 0 Å². The van der Waals surface area contributed by atoms with Gasteiger partial charge in [-0.25, -0.2) is 4.98 Å². The van der Waals surface area contributed by atoms with Crippen LogP contribution in [0, 0.1) is 0 Å². The van der Waals surface area contributed by atoms with Crippen LogP contribution in [0.1, 0.15) is 19.0 Å². The second kappa shape index (κ2) is 12.0. The highest BCUT2D eigenvalue weighted by molar-refractivity contribution is 7.98. The zero-order chi connectivity index (χ0) is 21.1. The third-order valence-corrected chi connectivity index (χ3v) is 4.33. The highest BCUT2D eigenvalue weighted by Crippen LogP contribution is 2.04. The molecule has 156 valence electrons. The van der Waals surface area contributed by atoms with E-state index in [9.17, 15) is 19.2 Å². The fourth-order valence-electron chi connectivity index (χ4n) is 2.19. The zero-order valence-electron chi connectivity index (χ0n) is 15.7. The molecule has 0 saturated carbocycles. The quantitative estimate of drug-likeness (QED) is 0.232. The molecule has 0 aliphatic heterocycles. The van der Waals surface area contributed by atoms with Gasteiger partial charge in [0.05, 0.1) is 12.4 Å². The van der Waals surface area contributed by atoms with Crippen molar-refractivity contribution < 1.29 is 24.3 Å². The first kappa shape index (κ1) is 23.4. The van der Waals surface area contributed by atoms with Crippen LogP contribution in [0.15, 0.2) is 12.5 Å². The number of carboxylic acids is 1. The van der Waals surface area contributed by atoms with Gasteiger partial charge in [-0.2, -0.15) is 11.8 Å². The van der Waals surface area contributed by atoms with Crippen LogP contribution in [-0.4, -0.2) is 75.4 Å². The van der Waals surface area contributed by atoms with E-state index in [1.54, 1.807) is 0 Å². The molecule has 1 heterocycles. The van der Waals surface area contributed by atoms with Crippen molar-refractivity contribution in [3.8, 4) is 0 Å². The SMILES string of the molecule is CSCCC(NC(=O)C(Cc1cnc[nH]1)NC(=O)C(C)N)C(=O)NCC(=O)O. The van der Waals surface area contributed by atoms with Gasteiger partial charge in [0.2, 0.25) is 17.7 Å². The minimum absolute atomic E-state index is 0.121. The number of amides is 3. The number of H-pyrrole nitrogens is 1. The number of carbonyl (C=O) groups is 4. The van der Waals surface area contributed by atoms with E-state index < -0.39 is 48.4 Å². The fourth-order valence-corrected chi connectivity index (χ4v) is 2.66. The third-order valence-electron chi connectivity index (χ3n) is 3.68. The summed E-state index contributed by atoms with van der Waals surface area (Å²) in [5.74, 6) is -2.33. The first-order chi connectivity index (χ1) is 13.2. The lowest BCUT2D eigenvalue weighted by Crippen LogP contribution is -2.56. The number of aromatic nitrogens is 2. The van der Waals surface area contributed by atoms with Crippen molar-refractivity contribution in [2.24, 2.45) is 5.73 Å². The Morgan fingerprint density at radius 1 is 1.21 bits per heavy atom. The Bertz CT molecular complexity index is 666. The summed E-state index contributed by atoms with van der Waals surface area (Å²) in [7, 11) is 0. The summed E-state index contributed by atoms with van der Waals surface area (Å²) in [4.78, 5) is 54.3. The molecule has 0 spiro atoms. The summed E-state index contributed by atoms with van der Waals surface area (Å²) in [6.45, 7) is 0.935. The number of carboxylic acid groups (broad SMARTS) is 1. The second-order valence-corrected chi connectivity index (χ2v) is 7.07. The van der Waals surface area contributed by atoms with Crippen LogP contribution < -0.4 is 21.7 Å². The van der Waals surface area contributed by atoms with Gasteiger partial charge < -0.3 is 31.8 Å². The molecule has 1 aromatic heterocycles. The van der Waals surface area contributed by atoms with Crippen LogP contribution in [-0.2, 0) is 25.6 Å². The van der Waals surface area contributed by atoms with Gasteiger partial charge in [-0.05, 0) is 25.4 Å². The van der Waals surface area contributed by atoms with Gasteiger partial charge >= 0.3 is 5.97 Å².